The van der Waals surface area contributed by atoms with Crippen molar-refractivity contribution >= 4 is 39.5 Å². The van der Waals surface area contributed by atoms with Gasteiger partial charge in [-0.05, 0) is 122 Å². The van der Waals surface area contributed by atoms with Crippen molar-refractivity contribution in [2.45, 2.75) is 380 Å². The average molecular weight is 1510 g/mol. The number of esters is 4. The summed E-state index contributed by atoms with van der Waals surface area (Å²) in [6.07, 6.45) is 82.3. The molecule has 0 amide bonds. The van der Waals surface area contributed by atoms with Crippen molar-refractivity contribution in [3.8, 4) is 0 Å². The van der Waals surface area contributed by atoms with Crippen LogP contribution < -0.4 is 0 Å². The molecular formula is C85H150O17P2. The number of carbonyl (C=O) groups is 4. The van der Waals surface area contributed by atoms with Crippen LogP contribution in [-0.2, 0) is 65.4 Å². The lowest BCUT2D eigenvalue weighted by Crippen LogP contribution is -2.30. The van der Waals surface area contributed by atoms with E-state index in [4.69, 9.17) is 37.0 Å². The van der Waals surface area contributed by atoms with Crippen molar-refractivity contribution in [1.29, 1.82) is 0 Å². The molecule has 0 aliphatic carbocycles. The van der Waals surface area contributed by atoms with Crippen LogP contribution in [0.25, 0.3) is 0 Å². The van der Waals surface area contributed by atoms with Crippen LogP contribution in [0.1, 0.15) is 362 Å². The van der Waals surface area contributed by atoms with E-state index in [1.807, 2.05) is 0 Å². The van der Waals surface area contributed by atoms with Gasteiger partial charge in [0.05, 0.1) is 26.4 Å². The quantitative estimate of drug-likeness (QED) is 0.0169. The number of unbranched alkanes of at least 4 members (excludes halogenated alkanes) is 36. The molecule has 104 heavy (non-hydrogen) atoms. The number of hydrogen-bond acceptors (Lipinski definition) is 15. The van der Waals surface area contributed by atoms with Gasteiger partial charge in [0.2, 0.25) is 0 Å². The summed E-state index contributed by atoms with van der Waals surface area (Å²) in [7, 11) is -9.96. The lowest BCUT2D eigenvalue weighted by Gasteiger charge is -2.21. The van der Waals surface area contributed by atoms with Crippen molar-refractivity contribution in [2.24, 2.45) is 0 Å². The molecule has 0 bridgehead atoms. The molecule has 0 heterocycles. The molecule has 0 aliphatic rings. The molecule has 0 aliphatic heterocycles. The van der Waals surface area contributed by atoms with Crippen molar-refractivity contribution in [3.63, 3.8) is 0 Å². The lowest BCUT2D eigenvalue weighted by atomic mass is 10.0. The Bertz CT molecular complexity index is 2350. The number of ether oxygens (including phenoxy) is 4. The van der Waals surface area contributed by atoms with Gasteiger partial charge in [-0.2, -0.15) is 0 Å². The molecular weight excluding hydrogens is 1350 g/mol. The summed E-state index contributed by atoms with van der Waals surface area (Å²) in [5, 5.41) is 10.7. The highest BCUT2D eigenvalue weighted by Crippen LogP contribution is 2.45. The predicted molar refractivity (Wildman–Crippen MR) is 427 cm³/mol. The number of aliphatic hydroxyl groups is 1. The maximum atomic E-state index is 13.1. The van der Waals surface area contributed by atoms with Gasteiger partial charge >= 0.3 is 39.5 Å². The van der Waals surface area contributed by atoms with Crippen LogP contribution in [0, 0.1) is 0 Å². The number of aliphatic hydroxyl groups excluding tert-OH is 1. The molecule has 0 saturated carbocycles. The van der Waals surface area contributed by atoms with E-state index in [9.17, 15) is 43.2 Å². The highest BCUT2D eigenvalue weighted by atomic mass is 31.2. The molecule has 0 spiro atoms. The van der Waals surface area contributed by atoms with E-state index in [-0.39, 0.29) is 25.7 Å². The Balaban J connectivity index is 5.34. The summed E-state index contributed by atoms with van der Waals surface area (Å²) in [6.45, 7) is 4.67. The molecule has 0 radical (unpaired) electrons. The van der Waals surface area contributed by atoms with Gasteiger partial charge in [-0.15, -0.1) is 0 Å². The fourth-order valence-electron chi connectivity index (χ4n) is 11.3. The summed E-state index contributed by atoms with van der Waals surface area (Å²) in [6, 6.07) is 0. The summed E-state index contributed by atoms with van der Waals surface area (Å²) >= 11 is 0. The Kier molecular flexibility index (Phi) is 74.2. The number of allylic oxidation sites excluding steroid dienone is 16. The standard InChI is InChI=1S/C85H150O17P2/c1-5-9-13-17-21-25-29-33-36-38-39-41-44-47-50-54-58-62-66-70-83(88)95-75-80(101-84(89)71-67-63-59-55-51-45-32-28-24-20-16-12-8-4)77-99-103(91,92)97-73-79(86)74-98-104(93,94)100-78-81(102-85(90)72-68-64-60-56-52-48-42-35-31-27-23-19-15-11-7-3)76-96-82(87)69-65-61-57-53-49-46-43-40-37-34-30-26-22-18-14-10-6-2/h9-10,13-14,21-22,25-26,28,32-34,36-37,39,41,79-81,86H,5-8,11-12,15-20,23-24,27,29-31,35,38,40,42-78H2,1-4H3,(H,91,92)(H,93,94)/b13-9-,14-10-,25-21-,26-22-,32-28-,36-33-,37-34-,41-39-. The molecule has 17 nitrogen and oxygen atoms in total. The zero-order valence-electron chi connectivity index (χ0n) is 65.9. The molecule has 0 aromatic carbocycles. The SMILES string of the molecule is CC/C=C\C/C=C\C/C=C\C/C=C\CCCCCCCCC(=O)OCC(COP(=O)(O)OCC(O)COP(=O)(O)OCC(COC(=O)CCCCCCCCC/C=C\C/C=C\C/C=C\CC)OC(=O)CCCCCCCCCCCCCCCCC)OC(=O)CCCCCCC/C=C\CCCCCC. The third-order valence-electron chi connectivity index (χ3n) is 17.5. The van der Waals surface area contributed by atoms with Gasteiger partial charge in [-0.1, -0.05) is 311 Å². The third kappa shape index (κ3) is 76.2. The van der Waals surface area contributed by atoms with E-state index in [0.717, 1.165) is 193 Å². The first-order valence-electron chi connectivity index (χ1n) is 41.5. The van der Waals surface area contributed by atoms with Crippen LogP contribution in [0.15, 0.2) is 97.2 Å². The molecule has 0 fully saturated rings. The van der Waals surface area contributed by atoms with Crippen LogP contribution in [-0.4, -0.2) is 96.7 Å². The van der Waals surface area contributed by atoms with Crippen molar-refractivity contribution in [2.75, 3.05) is 39.6 Å². The van der Waals surface area contributed by atoms with Crippen LogP contribution in [0.4, 0.5) is 0 Å². The number of phosphoric ester groups is 2. The third-order valence-corrected chi connectivity index (χ3v) is 19.4. The molecule has 602 valence electrons. The summed E-state index contributed by atoms with van der Waals surface area (Å²) < 4.78 is 68.7. The fraction of sp³-hybridized carbons (Fsp3) is 0.765. The molecule has 0 saturated heterocycles. The highest BCUT2D eigenvalue weighted by molar-refractivity contribution is 7.47. The minimum atomic E-state index is -4.98. The first-order valence-corrected chi connectivity index (χ1v) is 44.5. The largest absolute Gasteiger partial charge is 0.472 e. The van der Waals surface area contributed by atoms with Crippen LogP contribution >= 0.6 is 15.6 Å². The Morgan fingerprint density at radius 2 is 0.500 bits per heavy atom. The Morgan fingerprint density at radius 1 is 0.279 bits per heavy atom. The monoisotopic (exact) mass is 1510 g/mol. The van der Waals surface area contributed by atoms with Gasteiger partial charge < -0.3 is 33.8 Å². The number of rotatable bonds is 78. The first kappa shape index (κ1) is 100.0. The van der Waals surface area contributed by atoms with Gasteiger partial charge in [-0.25, -0.2) is 9.13 Å². The minimum Gasteiger partial charge on any atom is -0.462 e. The second-order valence-electron chi connectivity index (χ2n) is 27.7. The Hall–Kier alpha value is -4.02. The molecule has 5 atom stereocenters. The van der Waals surface area contributed by atoms with Crippen LogP contribution in [0.5, 0.6) is 0 Å². The zero-order valence-corrected chi connectivity index (χ0v) is 67.7. The van der Waals surface area contributed by atoms with E-state index in [1.165, 1.54) is 89.9 Å². The van der Waals surface area contributed by atoms with E-state index in [2.05, 4.69) is 125 Å². The molecule has 3 N–H and O–H groups in total. The minimum absolute atomic E-state index is 0.0824. The molecule has 0 aromatic rings. The topological polar surface area (TPSA) is 237 Å². The van der Waals surface area contributed by atoms with E-state index in [1.54, 1.807) is 0 Å². The summed E-state index contributed by atoms with van der Waals surface area (Å²) in [5.41, 5.74) is 0. The molecule has 5 unspecified atom stereocenters. The van der Waals surface area contributed by atoms with E-state index < -0.39 is 97.5 Å². The van der Waals surface area contributed by atoms with Crippen LogP contribution in [0.2, 0.25) is 0 Å². The normalized spacial score (nSPS) is 14.3. The maximum Gasteiger partial charge on any atom is 0.472 e. The zero-order chi connectivity index (χ0) is 76.0. The van der Waals surface area contributed by atoms with Crippen molar-refractivity contribution in [3.05, 3.63) is 97.2 Å². The Morgan fingerprint density at radius 3 is 0.788 bits per heavy atom. The summed E-state index contributed by atoms with van der Waals surface area (Å²) in [5.74, 6) is -2.18. The van der Waals surface area contributed by atoms with Gasteiger partial charge in [0.25, 0.3) is 0 Å². The van der Waals surface area contributed by atoms with Crippen molar-refractivity contribution in [1.82, 2.24) is 0 Å². The first-order chi connectivity index (χ1) is 50.7. The predicted octanol–water partition coefficient (Wildman–Crippen LogP) is 24.3. The summed E-state index contributed by atoms with van der Waals surface area (Å²) in [4.78, 5) is 73.1. The van der Waals surface area contributed by atoms with Gasteiger partial charge in [0, 0.05) is 25.7 Å². The maximum absolute atomic E-state index is 13.1. The van der Waals surface area contributed by atoms with E-state index in [0.29, 0.717) is 25.7 Å². The Labute approximate surface area is 633 Å². The van der Waals surface area contributed by atoms with E-state index >= 15 is 0 Å². The second-order valence-corrected chi connectivity index (χ2v) is 30.6. The van der Waals surface area contributed by atoms with Crippen molar-refractivity contribution < 1.29 is 80.2 Å². The number of hydrogen-bond donors (Lipinski definition) is 3. The fourth-order valence-corrected chi connectivity index (χ4v) is 12.9. The number of phosphoric acid groups is 2. The molecule has 0 aromatic heterocycles. The van der Waals surface area contributed by atoms with Crippen LogP contribution in [0.3, 0.4) is 0 Å². The van der Waals surface area contributed by atoms with Gasteiger partial charge in [-0.3, -0.25) is 37.3 Å². The smallest absolute Gasteiger partial charge is 0.462 e. The second kappa shape index (κ2) is 77.1. The van der Waals surface area contributed by atoms with Gasteiger partial charge in [0.15, 0.2) is 12.2 Å². The highest BCUT2D eigenvalue weighted by Gasteiger charge is 2.30. The average Bonchev–Trinajstić information content (AvgIpc) is 0.939. The lowest BCUT2D eigenvalue weighted by molar-refractivity contribution is -0.161. The molecule has 0 rings (SSSR count). The number of carbonyl (C=O) groups excluding carboxylic acids is 4. The molecule has 19 heteroatoms. The van der Waals surface area contributed by atoms with Gasteiger partial charge in [0.1, 0.15) is 19.3 Å².